The fraction of sp³-hybridized carbons (Fsp3) is 0.286. The van der Waals surface area contributed by atoms with Crippen LogP contribution in [-0.2, 0) is 0 Å². The van der Waals surface area contributed by atoms with Crippen molar-refractivity contribution in [2.45, 2.75) is 19.9 Å². The largest absolute Gasteiger partial charge is 0.311 e. The SMILES string of the molecule is CC(C)NCC=Cc1csc2ccccc12. The van der Waals surface area contributed by atoms with Crippen LogP contribution in [0, 0.1) is 0 Å². The van der Waals surface area contributed by atoms with Crippen LogP contribution in [0.3, 0.4) is 0 Å². The van der Waals surface area contributed by atoms with Gasteiger partial charge in [0.2, 0.25) is 0 Å². The standard InChI is InChI=1S/C14H17NS/c1-11(2)15-9-5-6-12-10-16-14-8-4-3-7-13(12)14/h3-8,10-11,15H,9H2,1-2H3. The quantitative estimate of drug-likeness (QED) is 0.841. The molecule has 0 aliphatic rings. The van der Waals surface area contributed by atoms with E-state index in [1.165, 1.54) is 15.6 Å². The first kappa shape index (κ1) is 11.4. The fourth-order valence-electron chi connectivity index (χ4n) is 1.62. The molecule has 0 aliphatic carbocycles. The second-order valence-corrected chi connectivity index (χ2v) is 5.06. The summed E-state index contributed by atoms with van der Waals surface area (Å²) in [5.74, 6) is 0. The van der Waals surface area contributed by atoms with Crippen molar-refractivity contribution in [3.05, 3.63) is 41.3 Å². The highest BCUT2D eigenvalue weighted by molar-refractivity contribution is 7.17. The van der Waals surface area contributed by atoms with Crippen LogP contribution in [0.4, 0.5) is 0 Å². The highest BCUT2D eigenvalue weighted by Crippen LogP contribution is 2.26. The number of thiophene rings is 1. The molecule has 0 saturated heterocycles. The number of hydrogen-bond acceptors (Lipinski definition) is 2. The summed E-state index contributed by atoms with van der Waals surface area (Å²) in [7, 11) is 0. The summed E-state index contributed by atoms with van der Waals surface area (Å²) in [6, 6.07) is 9.08. The lowest BCUT2D eigenvalue weighted by molar-refractivity contribution is 0.633. The minimum Gasteiger partial charge on any atom is -0.311 e. The summed E-state index contributed by atoms with van der Waals surface area (Å²) < 4.78 is 1.36. The van der Waals surface area contributed by atoms with Gasteiger partial charge in [0.25, 0.3) is 0 Å². The molecule has 0 bridgehead atoms. The van der Waals surface area contributed by atoms with Gasteiger partial charge in [-0.2, -0.15) is 0 Å². The van der Waals surface area contributed by atoms with Crippen LogP contribution in [0.2, 0.25) is 0 Å². The number of nitrogens with one attached hydrogen (secondary N) is 1. The maximum absolute atomic E-state index is 3.37. The molecule has 1 nitrogen and oxygen atoms in total. The van der Waals surface area contributed by atoms with Gasteiger partial charge in [0.15, 0.2) is 0 Å². The second kappa shape index (κ2) is 5.28. The van der Waals surface area contributed by atoms with Crippen LogP contribution in [0.1, 0.15) is 19.4 Å². The van der Waals surface area contributed by atoms with E-state index in [9.17, 15) is 0 Å². The lowest BCUT2D eigenvalue weighted by Gasteiger charge is -2.03. The van der Waals surface area contributed by atoms with Crippen molar-refractivity contribution in [2.24, 2.45) is 0 Å². The van der Waals surface area contributed by atoms with Crippen molar-refractivity contribution >= 4 is 27.5 Å². The van der Waals surface area contributed by atoms with E-state index >= 15 is 0 Å². The normalized spacial score (nSPS) is 11.9. The Morgan fingerprint density at radius 1 is 1.31 bits per heavy atom. The highest BCUT2D eigenvalue weighted by atomic mass is 32.1. The van der Waals surface area contributed by atoms with Gasteiger partial charge in [-0.15, -0.1) is 11.3 Å². The predicted molar refractivity (Wildman–Crippen MR) is 74.0 cm³/mol. The van der Waals surface area contributed by atoms with Gasteiger partial charge in [-0.25, -0.2) is 0 Å². The summed E-state index contributed by atoms with van der Waals surface area (Å²) in [4.78, 5) is 0. The van der Waals surface area contributed by atoms with E-state index in [0.29, 0.717) is 6.04 Å². The molecule has 2 aromatic rings. The first-order chi connectivity index (χ1) is 7.77. The molecule has 0 spiro atoms. The van der Waals surface area contributed by atoms with Gasteiger partial charge in [-0.3, -0.25) is 0 Å². The monoisotopic (exact) mass is 231 g/mol. The second-order valence-electron chi connectivity index (χ2n) is 4.15. The minimum absolute atomic E-state index is 0.545. The van der Waals surface area contributed by atoms with Gasteiger partial charge in [-0.1, -0.05) is 44.2 Å². The van der Waals surface area contributed by atoms with Crippen LogP contribution in [-0.4, -0.2) is 12.6 Å². The Hall–Kier alpha value is -1.12. The zero-order chi connectivity index (χ0) is 11.4. The molecule has 1 heterocycles. The van der Waals surface area contributed by atoms with Crippen molar-refractivity contribution in [3.8, 4) is 0 Å². The van der Waals surface area contributed by atoms with E-state index in [4.69, 9.17) is 0 Å². The molecule has 84 valence electrons. The van der Waals surface area contributed by atoms with Gasteiger partial charge in [0, 0.05) is 17.3 Å². The Labute approximate surface area is 101 Å². The Kier molecular flexibility index (Phi) is 3.75. The first-order valence-electron chi connectivity index (χ1n) is 5.63. The molecule has 16 heavy (non-hydrogen) atoms. The Morgan fingerprint density at radius 3 is 2.94 bits per heavy atom. The van der Waals surface area contributed by atoms with Crippen LogP contribution in [0.5, 0.6) is 0 Å². The topological polar surface area (TPSA) is 12.0 Å². The lowest BCUT2D eigenvalue weighted by atomic mass is 10.1. The summed E-state index contributed by atoms with van der Waals surface area (Å²) in [5.41, 5.74) is 1.33. The number of rotatable bonds is 4. The maximum atomic E-state index is 3.37. The molecule has 0 fully saturated rings. The first-order valence-corrected chi connectivity index (χ1v) is 6.51. The number of benzene rings is 1. The molecule has 2 rings (SSSR count). The van der Waals surface area contributed by atoms with Crippen LogP contribution in [0.25, 0.3) is 16.2 Å². The van der Waals surface area contributed by atoms with Crippen molar-refractivity contribution in [1.82, 2.24) is 5.32 Å². The van der Waals surface area contributed by atoms with Gasteiger partial charge in [0.05, 0.1) is 0 Å². The summed E-state index contributed by atoms with van der Waals surface area (Å²) in [6.07, 6.45) is 4.39. The van der Waals surface area contributed by atoms with Gasteiger partial charge in [-0.05, 0) is 22.4 Å². The Balaban J connectivity index is 2.09. The van der Waals surface area contributed by atoms with Crippen LogP contribution in [0.15, 0.2) is 35.7 Å². The smallest absolute Gasteiger partial charge is 0.0348 e. The maximum Gasteiger partial charge on any atom is 0.0348 e. The molecular weight excluding hydrogens is 214 g/mol. The molecule has 1 aromatic heterocycles. The molecule has 1 N–H and O–H groups in total. The van der Waals surface area contributed by atoms with Gasteiger partial charge >= 0.3 is 0 Å². The van der Waals surface area contributed by atoms with Crippen molar-refractivity contribution in [1.29, 1.82) is 0 Å². The summed E-state index contributed by atoms with van der Waals surface area (Å²) in [5, 5.41) is 6.95. The zero-order valence-corrected chi connectivity index (χ0v) is 10.6. The summed E-state index contributed by atoms with van der Waals surface area (Å²) >= 11 is 1.81. The van der Waals surface area contributed by atoms with E-state index < -0.39 is 0 Å². The van der Waals surface area contributed by atoms with Crippen LogP contribution < -0.4 is 5.32 Å². The molecule has 0 atom stereocenters. The number of fused-ring (bicyclic) bond motifs is 1. The van der Waals surface area contributed by atoms with Crippen molar-refractivity contribution in [3.63, 3.8) is 0 Å². The lowest BCUT2D eigenvalue weighted by Crippen LogP contribution is -2.22. The molecule has 0 saturated carbocycles. The molecule has 1 aromatic carbocycles. The average molecular weight is 231 g/mol. The van der Waals surface area contributed by atoms with E-state index in [1.54, 1.807) is 11.3 Å². The third-order valence-electron chi connectivity index (χ3n) is 2.45. The van der Waals surface area contributed by atoms with E-state index in [2.05, 4.69) is 61.0 Å². The molecule has 0 unspecified atom stereocenters. The average Bonchev–Trinajstić information content (AvgIpc) is 2.68. The minimum atomic E-state index is 0.545. The van der Waals surface area contributed by atoms with E-state index in [1.807, 2.05) is 0 Å². The molecular formula is C14H17NS. The van der Waals surface area contributed by atoms with E-state index in [-0.39, 0.29) is 0 Å². The molecule has 0 radical (unpaired) electrons. The third kappa shape index (κ3) is 2.71. The molecule has 0 aliphatic heterocycles. The number of hydrogen-bond donors (Lipinski definition) is 1. The van der Waals surface area contributed by atoms with E-state index in [0.717, 1.165) is 6.54 Å². The molecule has 2 heteroatoms. The van der Waals surface area contributed by atoms with Gasteiger partial charge in [0.1, 0.15) is 0 Å². The molecule has 0 amide bonds. The zero-order valence-electron chi connectivity index (χ0n) is 9.73. The Morgan fingerprint density at radius 2 is 2.12 bits per heavy atom. The highest BCUT2D eigenvalue weighted by Gasteiger charge is 1.98. The van der Waals surface area contributed by atoms with Crippen molar-refractivity contribution < 1.29 is 0 Å². The van der Waals surface area contributed by atoms with Gasteiger partial charge < -0.3 is 5.32 Å². The third-order valence-corrected chi connectivity index (χ3v) is 3.43. The fourth-order valence-corrected chi connectivity index (χ4v) is 2.55. The van der Waals surface area contributed by atoms with Crippen LogP contribution >= 0.6 is 11.3 Å². The summed E-state index contributed by atoms with van der Waals surface area (Å²) in [6.45, 7) is 5.25. The predicted octanol–water partition coefficient (Wildman–Crippen LogP) is 3.91. The Bertz CT molecular complexity index is 482. The van der Waals surface area contributed by atoms with Crippen molar-refractivity contribution in [2.75, 3.05) is 6.54 Å².